The van der Waals surface area contributed by atoms with Gasteiger partial charge in [-0.3, -0.25) is 0 Å². The Hall–Kier alpha value is -0.880. The Kier molecular flexibility index (Phi) is 2.79. The molecule has 0 amide bonds. The van der Waals surface area contributed by atoms with E-state index in [4.69, 9.17) is 10.3 Å². The Morgan fingerprint density at radius 1 is 1.60 bits per heavy atom. The highest BCUT2D eigenvalue weighted by molar-refractivity contribution is 7.92. The average Bonchev–Trinajstić information content (AvgIpc) is 2.75. The fraction of sp³-hybridized carbons (Fsp3) is 0.667. The Morgan fingerprint density at radius 3 is 2.93 bits per heavy atom. The zero-order chi connectivity index (χ0) is 10.9. The van der Waals surface area contributed by atoms with Gasteiger partial charge in [-0.05, 0) is 12.8 Å². The first-order valence-corrected chi connectivity index (χ1v) is 6.69. The molecule has 6 heteroatoms. The van der Waals surface area contributed by atoms with Crippen molar-refractivity contribution in [2.75, 3.05) is 5.75 Å². The van der Waals surface area contributed by atoms with Crippen molar-refractivity contribution < 1.29 is 12.9 Å². The summed E-state index contributed by atoms with van der Waals surface area (Å²) in [4.78, 5) is 0. The molecule has 2 N–H and O–H groups in total. The first-order valence-electron chi connectivity index (χ1n) is 4.98. The van der Waals surface area contributed by atoms with Crippen LogP contribution in [0.3, 0.4) is 0 Å². The summed E-state index contributed by atoms with van der Waals surface area (Å²) < 4.78 is 28.1. The van der Waals surface area contributed by atoms with E-state index in [0.29, 0.717) is 30.2 Å². The predicted octanol–water partition coefficient (Wildman–Crippen LogP) is 0.253. The lowest BCUT2D eigenvalue weighted by Crippen LogP contribution is -2.18. The summed E-state index contributed by atoms with van der Waals surface area (Å²) in [5.74, 6) is 0.918. The molecule has 1 atom stereocenters. The van der Waals surface area contributed by atoms with Crippen molar-refractivity contribution in [2.45, 2.75) is 31.1 Å². The summed E-state index contributed by atoms with van der Waals surface area (Å²) in [7, 11) is -2.90. The van der Waals surface area contributed by atoms with Crippen LogP contribution in [0.2, 0.25) is 0 Å². The second-order valence-corrected chi connectivity index (χ2v) is 6.22. The number of hydrogen-bond acceptors (Lipinski definition) is 5. The number of aromatic nitrogens is 1. The fourth-order valence-corrected chi connectivity index (χ4v) is 3.71. The molecular weight excluding hydrogens is 216 g/mol. The van der Waals surface area contributed by atoms with Crippen LogP contribution in [0.15, 0.2) is 10.6 Å². The predicted molar refractivity (Wildman–Crippen MR) is 54.9 cm³/mol. The molecule has 0 spiro atoms. The second kappa shape index (κ2) is 3.94. The molecule has 84 valence electrons. The zero-order valence-electron chi connectivity index (χ0n) is 8.35. The third-order valence-electron chi connectivity index (χ3n) is 2.71. The largest absolute Gasteiger partial charge is 0.361 e. The molecular formula is C9H14N2O3S. The van der Waals surface area contributed by atoms with Crippen LogP contribution in [0.4, 0.5) is 0 Å². The molecule has 1 aromatic rings. The molecule has 0 aliphatic carbocycles. The SMILES string of the molecule is NCc1cc(CC2CCCS2(=O)=O)on1. The Labute approximate surface area is 88.5 Å². The molecule has 1 aliphatic heterocycles. The number of nitrogens with two attached hydrogens (primary N) is 1. The van der Waals surface area contributed by atoms with E-state index in [1.807, 2.05) is 0 Å². The van der Waals surface area contributed by atoms with Crippen molar-refractivity contribution in [2.24, 2.45) is 5.73 Å². The van der Waals surface area contributed by atoms with E-state index < -0.39 is 9.84 Å². The third kappa shape index (κ3) is 2.21. The maximum atomic E-state index is 11.6. The molecule has 15 heavy (non-hydrogen) atoms. The van der Waals surface area contributed by atoms with Crippen molar-refractivity contribution >= 4 is 9.84 Å². The van der Waals surface area contributed by atoms with Gasteiger partial charge < -0.3 is 10.3 Å². The van der Waals surface area contributed by atoms with Gasteiger partial charge in [0.25, 0.3) is 0 Å². The van der Waals surface area contributed by atoms with Crippen LogP contribution in [-0.4, -0.2) is 24.6 Å². The van der Waals surface area contributed by atoms with Gasteiger partial charge >= 0.3 is 0 Å². The minimum atomic E-state index is -2.90. The minimum absolute atomic E-state index is 0.295. The smallest absolute Gasteiger partial charge is 0.153 e. The summed E-state index contributed by atoms with van der Waals surface area (Å²) in [5.41, 5.74) is 6.05. The van der Waals surface area contributed by atoms with Crippen LogP contribution in [0, 0.1) is 0 Å². The van der Waals surface area contributed by atoms with E-state index in [-0.39, 0.29) is 5.25 Å². The standard InChI is InChI=1S/C9H14N2O3S/c10-6-7-4-8(14-11-7)5-9-2-1-3-15(9,12)13/h4,9H,1-3,5-6,10H2. The van der Waals surface area contributed by atoms with E-state index in [9.17, 15) is 8.42 Å². The van der Waals surface area contributed by atoms with Gasteiger partial charge in [0.05, 0.1) is 16.7 Å². The van der Waals surface area contributed by atoms with Gasteiger partial charge in [0.1, 0.15) is 5.76 Å². The highest BCUT2D eigenvalue weighted by atomic mass is 32.2. The summed E-state index contributed by atoms with van der Waals surface area (Å²) in [5, 5.41) is 3.43. The van der Waals surface area contributed by atoms with Gasteiger partial charge in [0.2, 0.25) is 0 Å². The van der Waals surface area contributed by atoms with Crippen LogP contribution in [0.1, 0.15) is 24.3 Å². The quantitative estimate of drug-likeness (QED) is 0.804. The first kappa shape index (κ1) is 10.6. The summed E-state index contributed by atoms with van der Waals surface area (Å²) in [6.45, 7) is 0.320. The van der Waals surface area contributed by atoms with E-state index in [0.717, 1.165) is 12.8 Å². The summed E-state index contributed by atoms with van der Waals surface area (Å²) in [6, 6.07) is 1.73. The van der Waals surface area contributed by atoms with E-state index >= 15 is 0 Å². The van der Waals surface area contributed by atoms with Crippen molar-refractivity contribution in [1.82, 2.24) is 5.16 Å². The van der Waals surface area contributed by atoms with E-state index in [1.165, 1.54) is 0 Å². The molecule has 0 aromatic carbocycles. The van der Waals surface area contributed by atoms with Crippen LogP contribution >= 0.6 is 0 Å². The lowest BCUT2D eigenvalue weighted by atomic mass is 10.1. The molecule has 1 fully saturated rings. The number of nitrogens with zero attached hydrogens (tertiary/aromatic N) is 1. The van der Waals surface area contributed by atoms with Gasteiger partial charge in [0.15, 0.2) is 9.84 Å². The molecule has 1 aliphatic rings. The van der Waals surface area contributed by atoms with Gasteiger partial charge in [-0.1, -0.05) is 5.16 Å². The Balaban J connectivity index is 2.09. The van der Waals surface area contributed by atoms with Gasteiger partial charge in [0, 0.05) is 19.0 Å². The molecule has 2 rings (SSSR count). The minimum Gasteiger partial charge on any atom is -0.361 e. The highest BCUT2D eigenvalue weighted by Crippen LogP contribution is 2.23. The monoisotopic (exact) mass is 230 g/mol. The zero-order valence-corrected chi connectivity index (χ0v) is 9.16. The molecule has 5 nitrogen and oxygen atoms in total. The van der Waals surface area contributed by atoms with Crippen molar-refractivity contribution in [3.05, 3.63) is 17.5 Å². The molecule has 0 bridgehead atoms. The van der Waals surface area contributed by atoms with Crippen molar-refractivity contribution in [1.29, 1.82) is 0 Å². The number of hydrogen-bond donors (Lipinski definition) is 1. The van der Waals surface area contributed by atoms with Crippen LogP contribution < -0.4 is 5.73 Å². The molecule has 0 saturated carbocycles. The molecule has 0 radical (unpaired) electrons. The van der Waals surface area contributed by atoms with Gasteiger partial charge in [-0.2, -0.15) is 0 Å². The van der Waals surface area contributed by atoms with Gasteiger partial charge in [-0.25, -0.2) is 8.42 Å². The van der Waals surface area contributed by atoms with Crippen LogP contribution in [-0.2, 0) is 22.8 Å². The summed E-state index contributed by atoms with van der Waals surface area (Å²) in [6.07, 6.45) is 1.90. The maximum absolute atomic E-state index is 11.6. The maximum Gasteiger partial charge on any atom is 0.153 e. The van der Waals surface area contributed by atoms with Crippen molar-refractivity contribution in [3.63, 3.8) is 0 Å². The normalized spacial score (nSPS) is 24.5. The molecule has 1 unspecified atom stereocenters. The molecule has 2 heterocycles. The van der Waals surface area contributed by atoms with Crippen LogP contribution in [0.25, 0.3) is 0 Å². The number of sulfone groups is 1. The molecule has 1 saturated heterocycles. The Bertz CT molecular complexity index is 438. The topological polar surface area (TPSA) is 86.2 Å². The van der Waals surface area contributed by atoms with Crippen LogP contribution in [0.5, 0.6) is 0 Å². The molecule has 1 aromatic heterocycles. The summed E-state index contributed by atoms with van der Waals surface area (Å²) >= 11 is 0. The van der Waals surface area contributed by atoms with E-state index in [2.05, 4.69) is 5.16 Å². The first-order chi connectivity index (χ1) is 7.12. The number of rotatable bonds is 3. The highest BCUT2D eigenvalue weighted by Gasteiger charge is 2.32. The van der Waals surface area contributed by atoms with Crippen molar-refractivity contribution in [3.8, 4) is 0 Å². The Morgan fingerprint density at radius 2 is 2.40 bits per heavy atom. The van der Waals surface area contributed by atoms with Gasteiger partial charge in [-0.15, -0.1) is 0 Å². The lowest BCUT2D eigenvalue weighted by Gasteiger charge is -2.04. The average molecular weight is 230 g/mol. The second-order valence-electron chi connectivity index (χ2n) is 3.82. The van der Waals surface area contributed by atoms with E-state index in [1.54, 1.807) is 6.07 Å². The lowest BCUT2D eigenvalue weighted by molar-refractivity contribution is 0.374. The third-order valence-corrected chi connectivity index (χ3v) is 4.98. The fourth-order valence-electron chi connectivity index (χ4n) is 1.86.